The molecule has 1 heterocycles. The molecule has 2 heteroatoms. The minimum Gasteiger partial charge on any atom is -0.372 e. The van der Waals surface area contributed by atoms with Gasteiger partial charge < -0.3 is 9.69 Å². The van der Waals surface area contributed by atoms with E-state index >= 15 is 0 Å². The van der Waals surface area contributed by atoms with Crippen LogP contribution in [0.2, 0.25) is 0 Å². The summed E-state index contributed by atoms with van der Waals surface area (Å²) in [6.07, 6.45) is 3.05. The molecule has 1 aliphatic heterocycles. The van der Waals surface area contributed by atoms with E-state index in [-0.39, 0.29) is 0 Å². The van der Waals surface area contributed by atoms with Crippen LogP contribution >= 0.6 is 0 Å². The molecule has 1 aliphatic rings. The summed E-state index contributed by atoms with van der Waals surface area (Å²) in [5.41, 5.74) is 2.72. The summed E-state index contributed by atoms with van der Waals surface area (Å²) in [5, 5.41) is 0. The second-order valence-corrected chi connectivity index (χ2v) is 6.08. The van der Waals surface area contributed by atoms with Crippen LogP contribution in [0.25, 0.3) is 0 Å². The Kier molecular flexibility index (Phi) is 4.62. The lowest BCUT2D eigenvalue weighted by molar-refractivity contribution is -0.118. The molecule has 2 nitrogen and oxygen atoms in total. The van der Waals surface area contributed by atoms with Crippen molar-refractivity contribution in [2.75, 3.05) is 18.0 Å². The summed E-state index contributed by atoms with van der Waals surface area (Å²) < 4.78 is 0. The number of carbonyl (C=O) groups is 1. The highest BCUT2D eigenvalue weighted by Crippen LogP contribution is 2.26. The summed E-state index contributed by atoms with van der Waals surface area (Å²) in [7, 11) is 0. The molecule has 1 aromatic carbocycles. The number of ketones is 1. The monoisotopic (exact) mass is 259 g/mol. The zero-order valence-electron chi connectivity index (χ0n) is 12.4. The van der Waals surface area contributed by atoms with Gasteiger partial charge in [0.15, 0.2) is 0 Å². The summed E-state index contributed by atoms with van der Waals surface area (Å²) in [5.74, 6) is 1.53. The van der Waals surface area contributed by atoms with Gasteiger partial charge in [0.2, 0.25) is 0 Å². The maximum absolute atomic E-state index is 11.2. The van der Waals surface area contributed by atoms with Crippen molar-refractivity contribution in [1.29, 1.82) is 0 Å². The van der Waals surface area contributed by atoms with Crippen molar-refractivity contribution in [2.45, 2.75) is 46.0 Å². The first-order chi connectivity index (χ1) is 9.06. The Morgan fingerprint density at radius 3 is 2.26 bits per heavy atom. The molecule has 1 aromatic rings. The van der Waals surface area contributed by atoms with Gasteiger partial charge in [0.1, 0.15) is 5.78 Å². The minimum absolute atomic E-state index is 0.333. The van der Waals surface area contributed by atoms with E-state index in [4.69, 9.17) is 0 Å². The van der Waals surface area contributed by atoms with Crippen LogP contribution in [-0.2, 0) is 4.79 Å². The standard InChI is InChI=1S/C17H25NO/c1-13(2)16-4-6-17(7-5-16)18-10-8-15(9-11-18)12-14(3)19/h4-7,13,15H,8-12H2,1-3H3. The highest BCUT2D eigenvalue weighted by Gasteiger charge is 2.20. The maximum Gasteiger partial charge on any atom is 0.130 e. The molecule has 1 fully saturated rings. The fourth-order valence-corrected chi connectivity index (χ4v) is 2.87. The number of benzene rings is 1. The molecule has 0 spiro atoms. The molecule has 0 amide bonds. The lowest BCUT2D eigenvalue weighted by atomic mass is 9.91. The van der Waals surface area contributed by atoms with Gasteiger partial charge in [0, 0.05) is 25.2 Å². The SMILES string of the molecule is CC(=O)CC1CCN(c2ccc(C(C)C)cc2)CC1. The second-order valence-electron chi connectivity index (χ2n) is 6.08. The largest absolute Gasteiger partial charge is 0.372 e. The molecule has 2 rings (SSSR count). The van der Waals surface area contributed by atoms with E-state index in [2.05, 4.69) is 43.0 Å². The number of Topliss-reactive ketones (excluding diaryl/α,β-unsaturated/α-hetero) is 1. The fraction of sp³-hybridized carbons (Fsp3) is 0.588. The van der Waals surface area contributed by atoms with E-state index in [1.54, 1.807) is 6.92 Å². The number of anilines is 1. The van der Waals surface area contributed by atoms with Crippen LogP contribution in [0.15, 0.2) is 24.3 Å². The summed E-state index contributed by atoms with van der Waals surface area (Å²) in [6, 6.07) is 8.95. The molecule has 0 atom stereocenters. The molecule has 1 saturated heterocycles. The Bertz CT molecular complexity index is 413. The number of carbonyl (C=O) groups excluding carboxylic acids is 1. The number of rotatable bonds is 4. The fourth-order valence-electron chi connectivity index (χ4n) is 2.87. The van der Waals surface area contributed by atoms with Gasteiger partial charge in [-0.2, -0.15) is 0 Å². The maximum atomic E-state index is 11.2. The Labute approximate surface area is 116 Å². The second kappa shape index (κ2) is 6.23. The Morgan fingerprint density at radius 2 is 1.79 bits per heavy atom. The molecule has 19 heavy (non-hydrogen) atoms. The lowest BCUT2D eigenvalue weighted by Crippen LogP contribution is -2.34. The first-order valence-electron chi connectivity index (χ1n) is 7.40. The van der Waals surface area contributed by atoms with Crippen LogP contribution in [0, 0.1) is 5.92 Å². The molecule has 0 radical (unpaired) electrons. The van der Waals surface area contributed by atoms with Crippen LogP contribution in [0.1, 0.15) is 51.5 Å². The highest BCUT2D eigenvalue weighted by atomic mass is 16.1. The van der Waals surface area contributed by atoms with E-state index in [1.807, 2.05) is 0 Å². The van der Waals surface area contributed by atoms with Gasteiger partial charge in [-0.3, -0.25) is 0 Å². The van der Waals surface area contributed by atoms with E-state index in [0.717, 1.165) is 32.4 Å². The molecule has 0 bridgehead atoms. The van der Waals surface area contributed by atoms with Crippen LogP contribution in [-0.4, -0.2) is 18.9 Å². The molecule has 0 aromatic heterocycles. The minimum atomic E-state index is 0.333. The van der Waals surface area contributed by atoms with Crippen LogP contribution in [0.3, 0.4) is 0 Å². The zero-order chi connectivity index (χ0) is 13.8. The predicted molar refractivity (Wildman–Crippen MR) is 80.8 cm³/mol. The number of hydrogen-bond donors (Lipinski definition) is 0. The topological polar surface area (TPSA) is 20.3 Å². The smallest absolute Gasteiger partial charge is 0.130 e. The van der Waals surface area contributed by atoms with E-state index < -0.39 is 0 Å². The van der Waals surface area contributed by atoms with Crippen LogP contribution in [0.5, 0.6) is 0 Å². The normalized spacial score (nSPS) is 16.9. The van der Waals surface area contributed by atoms with Gasteiger partial charge in [0.25, 0.3) is 0 Å². The van der Waals surface area contributed by atoms with Gasteiger partial charge in [-0.15, -0.1) is 0 Å². The summed E-state index contributed by atoms with van der Waals surface area (Å²) in [4.78, 5) is 13.6. The molecule has 0 saturated carbocycles. The zero-order valence-corrected chi connectivity index (χ0v) is 12.4. The predicted octanol–water partition coefficient (Wildman–Crippen LogP) is 4.01. The van der Waals surface area contributed by atoms with Gasteiger partial charge in [-0.1, -0.05) is 26.0 Å². The van der Waals surface area contributed by atoms with Crippen molar-refractivity contribution in [3.05, 3.63) is 29.8 Å². The Balaban J connectivity index is 1.92. The van der Waals surface area contributed by atoms with Crippen molar-refractivity contribution in [3.63, 3.8) is 0 Å². The highest BCUT2D eigenvalue weighted by molar-refractivity contribution is 5.75. The molecule has 0 unspecified atom stereocenters. The molecule has 104 valence electrons. The molecule has 0 aliphatic carbocycles. The number of hydrogen-bond acceptors (Lipinski definition) is 2. The van der Waals surface area contributed by atoms with E-state index in [9.17, 15) is 4.79 Å². The summed E-state index contributed by atoms with van der Waals surface area (Å²) in [6.45, 7) is 8.32. The van der Waals surface area contributed by atoms with Gasteiger partial charge >= 0.3 is 0 Å². The van der Waals surface area contributed by atoms with Crippen molar-refractivity contribution in [3.8, 4) is 0 Å². The van der Waals surface area contributed by atoms with Crippen molar-refractivity contribution < 1.29 is 4.79 Å². The average molecular weight is 259 g/mol. The van der Waals surface area contributed by atoms with Gasteiger partial charge in [0.05, 0.1) is 0 Å². The van der Waals surface area contributed by atoms with E-state index in [1.165, 1.54) is 11.3 Å². The number of piperidine rings is 1. The molecular formula is C17H25NO. The van der Waals surface area contributed by atoms with Gasteiger partial charge in [-0.05, 0) is 49.3 Å². The Hall–Kier alpha value is -1.31. The quantitative estimate of drug-likeness (QED) is 0.814. The van der Waals surface area contributed by atoms with Gasteiger partial charge in [-0.25, -0.2) is 0 Å². The average Bonchev–Trinajstić information content (AvgIpc) is 2.39. The van der Waals surface area contributed by atoms with Crippen molar-refractivity contribution in [2.24, 2.45) is 5.92 Å². The lowest BCUT2D eigenvalue weighted by Gasteiger charge is -2.33. The van der Waals surface area contributed by atoms with Crippen molar-refractivity contribution in [1.82, 2.24) is 0 Å². The third-order valence-corrected chi connectivity index (χ3v) is 4.12. The molecule has 0 N–H and O–H groups in total. The summed E-state index contributed by atoms with van der Waals surface area (Å²) >= 11 is 0. The van der Waals surface area contributed by atoms with Crippen LogP contribution in [0.4, 0.5) is 5.69 Å². The third-order valence-electron chi connectivity index (χ3n) is 4.12. The van der Waals surface area contributed by atoms with E-state index in [0.29, 0.717) is 17.6 Å². The van der Waals surface area contributed by atoms with Crippen molar-refractivity contribution >= 4 is 11.5 Å². The third kappa shape index (κ3) is 3.82. The van der Waals surface area contributed by atoms with Crippen LogP contribution < -0.4 is 4.90 Å². The first-order valence-corrected chi connectivity index (χ1v) is 7.40. The number of nitrogens with zero attached hydrogens (tertiary/aromatic N) is 1. The molecular weight excluding hydrogens is 234 g/mol. The first kappa shape index (κ1) is 14.1. The Morgan fingerprint density at radius 1 is 1.21 bits per heavy atom.